The van der Waals surface area contributed by atoms with Crippen molar-refractivity contribution in [1.82, 2.24) is 15.0 Å². The number of anilines is 2. The zero-order chi connectivity index (χ0) is 22.0. The Labute approximate surface area is 183 Å². The molecule has 164 valence electrons. The van der Waals surface area contributed by atoms with E-state index in [0.717, 1.165) is 25.4 Å². The standard InChI is InChI=1S/C21H26FN5O2P2/c1-4-12-31(28)30(3)27-15-7-5-6-14(17(15)22)18-19(29-20(26-18)13-8-9-13)16-10-11-24-21(23-2)25-16/h5-7,10-11,13,27-28H,4,8-9,12H2,1-3H3,(H,23,24,25). The van der Waals surface area contributed by atoms with E-state index in [0.29, 0.717) is 40.2 Å². The van der Waals surface area contributed by atoms with E-state index in [9.17, 15) is 4.89 Å². The first-order valence-corrected chi connectivity index (χ1v) is 14.3. The molecular weight excluding hydrogens is 435 g/mol. The summed E-state index contributed by atoms with van der Waals surface area (Å²) in [6.45, 7) is 3.97. The molecule has 0 aliphatic heterocycles. The van der Waals surface area contributed by atoms with Gasteiger partial charge in [-0.2, -0.15) is 0 Å². The van der Waals surface area contributed by atoms with Crippen molar-refractivity contribution in [3.05, 3.63) is 42.2 Å². The Hall–Kier alpha value is -2.14. The van der Waals surface area contributed by atoms with Gasteiger partial charge in [-0.25, -0.2) is 19.3 Å². The minimum atomic E-state index is -1.16. The lowest BCUT2D eigenvalue weighted by Gasteiger charge is -2.21. The largest absolute Gasteiger partial charge is 0.438 e. The molecule has 2 unspecified atom stereocenters. The molecule has 0 radical (unpaired) electrons. The van der Waals surface area contributed by atoms with Crippen molar-refractivity contribution in [3.8, 4) is 22.7 Å². The molecule has 3 aromatic rings. The third-order valence-corrected chi connectivity index (χ3v) is 10.1. The van der Waals surface area contributed by atoms with Gasteiger partial charge in [0, 0.05) is 32.5 Å². The van der Waals surface area contributed by atoms with Gasteiger partial charge < -0.3 is 19.7 Å². The van der Waals surface area contributed by atoms with E-state index in [-0.39, 0.29) is 5.92 Å². The summed E-state index contributed by atoms with van der Waals surface area (Å²) in [5, 5.41) is 6.11. The van der Waals surface area contributed by atoms with Crippen molar-refractivity contribution in [2.45, 2.75) is 32.1 Å². The average molecular weight is 461 g/mol. The normalized spacial score (nSPS) is 15.5. The van der Waals surface area contributed by atoms with E-state index in [4.69, 9.17) is 4.42 Å². The van der Waals surface area contributed by atoms with Crippen LogP contribution in [0.5, 0.6) is 0 Å². The van der Waals surface area contributed by atoms with Crippen molar-refractivity contribution < 1.29 is 13.7 Å². The second-order valence-electron chi connectivity index (χ2n) is 7.42. The Kier molecular flexibility index (Phi) is 6.80. The second kappa shape index (κ2) is 9.56. The van der Waals surface area contributed by atoms with Crippen LogP contribution in [-0.2, 0) is 0 Å². The maximum absolute atomic E-state index is 15.6. The number of aromatic nitrogens is 3. The van der Waals surface area contributed by atoms with Gasteiger partial charge >= 0.3 is 0 Å². The number of rotatable bonds is 9. The Morgan fingerprint density at radius 2 is 2.06 bits per heavy atom. The van der Waals surface area contributed by atoms with Gasteiger partial charge in [0.15, 0.2) is 17.5 Å². The van der Waals surface area contributed by atoms with Crippen molar-refractivity contribution in [3.63, 3.8) is 0 Å². The molecule has 1 saturated carbocycles. The van der Waals surface area contributed by atoms with Crippen LogP contribution in [0, 0.1) is 5.82 Å². The summed E-state index contributed by atoms with van der Waals surface area (Å²) in [4.78, 5) is 23.6. The first-order chi connectivity index (χ1) is 15.0. The maximum Gasteiger partial charge on any atom is 0.223 e. The highest BCUT2D eigenvalue weighted by Gasteiger charge is 2.32. The highest BCUT2D eigenvalue weighted by molar-refractivity contribution is 8.27. The summed E-state index contributed by atoms with van der Waals surface area (Å²) in [7, 11) is -0.336. The van der Waals surface area contributed by atoms with Crippen molar-refractivity contribution in [2.24, 2.45) is 0 Å². The molecule has 0 bridgehead atoms. The molecule has 7 nitrogen and oxygen atoms in total. The van der Waals surface area contributed by atoms with Gasteiger partial charge in [0.25, 0.3) is 0 Å². The molecule has 1 aliphatic rings. The van der Waals surface area contributed by atoms with Crippen LogP contribution in [0.4, 0.5) is 16.0 Å². The molecule has 2 aromatic heterocycles. The summed E-state index contributed by atoms with van der Waals surface area (Å²) < 4.78 is 21.7. The third-order valence-electron chi connectivity index (χ3n) is 4.99. The molecule has 10 heteroatoms. The second-order valence-corrected chi connectivity index (χ2v) is 13.1. The number of benzene rings is 1. The lowest BCUT2D eigenvalue weighted by atomic mass is 10.1. The van der Waals surface area contributed by atoms with Gasteiger partial charge in [-0.05, 0) is 50.3 Å². The van der Waals surface area contributed by atoms with Gasteiger partial charge in [-0.1, -0.05) is 13.0 Å². The predicted octanol–water partition coefficient (Wildman–Crippen LogP) is 6.01. The summed E-state index contributed by atoms with van der Waals surface area (Å²) in [6, 6.07) is 6.91. The first kappa shape index (κ1) is 22.1. The van der Waals surface area contributed by atoms with Crippen LogP contribution in [0.1, 0.15) is 38.0 Å². The Balaban J connectivity index is 1.74. The quantitative estimate of drug-likeness (QED) is 0.336. The SMILES string of the molecule is CCCP(O)P(C)Nc1cccc(-c2nc(C3CC3)oc2-c2ccnc(NC)n2)c1F. The lowest BCUT2D eigenvalue weighted by molar-refractivity contribution is 0.508. The van der Waals surface area contributed by atoms with Crippen LogP contribution in [0.15, 0.2) is 34.9 Å². The highest BCUT2D eigenvalue weighted by atomic mass is 32.1. The molecule has 0 saturated heterocycles. The molecule has 4 rings (SSSR count). The van der Waals surface area contributed by atoms with Crippen LogP contribution >= 0.6 is 15.6 Å². The first-order valence-electron chi connectivity index (χ1n) is 10.3. The zero-order valence-corrected chi connectivity index (χ0v) is 19.6. The lowest BCUT2D eigenvalue weighted by Crippen LogP contribution is -1.99. The Morgan fingerprint density at radius 1 is 1.26 bits per heavy atom. The van der Waals surface area contributed by atoms with E-state index < -0.39 is 21.4 Å². The average Bonchev–Trinajstić information content (AvgIpc) is 3.54. The number of hydrogen-bond donors (Lipinski definition) is 3. The maximum atomic E-state index is 15.6. The zero-order valence-electron chi connectivity index (χ0n) is 17.8. The molecule has 2 heterocycles. The number of oxazole rings is 1. The van der Waals surface area contributed by atoms with Gasteiger partial charge in [-0.3, -0.25) is 0 Å². The molecule has 1 aromatic carbocycles. The van der Waals surface area contributed by atoms with Crippen molar-refractivity contribution >= 4 is 27.2 Å². The smallest absolute Gasteiger partial charge is 0.223 e. The monoisotopic (exact) mass is 461 g/mol. The summed E-state index contributed by atoms with van der Waals surface area (Å²) in [5.74, 6) is 1.38. The van der Waals surface area contributed by atoms with E-state index in [1.54, 1.807) is 37.5 Å². The number of nitrogens with one attached hydrogen (secondary N) is 2. The molecule has 2 atom stereocenters. The number of hydrogen-bond acceptors (Lipinski definition) is 7. The van der Waals surface area contributed by atoms with Crippen LogP contribution < -0.4 is 10.4 Å². The van der Waals surface area contributed by atoms with E-state index in [1.165, 1.54) is 0 Å². The van der Waals surface area contributed by atoms with E-state index in [2.05, 4.69) is 25.4 Å². The fraction of sp³-hybridized carbons (Fsp3) is 0.381. The third kappa shape index (κ3) is 4.87. The van der Waals surface area contributed by atoms with Gasteiger partial charge in [0.2, 0.25) is 5.95 Å². The van der Waals surface area contributed by atoms with Crippen LogP contribution in [0.25, 0.3) is 22.7 Å². The molecule has 0 spiro atoms. The molecule has 0 amide bonds. The predicted molar refractivity (Wildman–Crippen MR) is 125 cm³/mol. The molecular formula is C21H26FN5O2P2. The topological polar surface area (TPSA) is 96.1 Å². The van der Waals surface area contributed by atoms with Crippen molar-refractivity contribution in [1.29, 1.82) is 0 Å². The summed E-state index contributed by atoms with van der Waals surface area (Å²) >= 11 is 0. The highest BCUT2D eigenvalue weighted by Crippen LogP contribution is 2.63. The van der Waals surface area contributed by atoms with E-state index >= 15 is 4.39 Å². The summed E-state index contributed by atoms with van der Waals surface area (Å²) in [6.07, 6.45) is 5.32. The van der Waals surface area contributed by atoms with Crippen LogP contribution in [0.3, 0.4) is 0 Å². The Bertz CT molecular complexity index is 1060. The van der Waals surface area contributed by atoms with Crippen molar-refractivity contribution in [2.75, 3.05) is 30.3 Å². The molecule has 1 aliphatic carbocycles. The van der Waals surface area contributed by atoms with E-state index in [1.807, 2.05) is 13.6 Å². The number of nitrogens with zero attached hydrogens (tertiary/aromatic N) is 3. The van der Waals surface area contributed by atoms with Gasteiger partial charge in [0.1, 0.15) is 11.4 Å². The minimum absolute atomic E-state index is 0.276. The molecule has 31 heavy (non-hydrogen) atoms. The van der Waals surface area contributed by atoms with Gasteiger partial charge in [0.05, 0.1) is 13.5 Å². The Morgan fingerprint density at radius 3 is 2.77 bits per heavy atom. The summed E-state index contributed by atoms with van der Waals surface area (Å²) in [5.41, 5.74) is 1.70. The molecule has 1 fully saturated rings. The molecule has 3 N–H and O–H groups in total. The number of halogens is 1. The van der Waals surface area contributed by atoms with Crippen LogP contribution in [-0.4, -0.2) is 39.7 Å². The fourth-order valence-corrected chi connectivity index (χ4v) is 6.69. The fourth-order valence-electron chi connectivity index (χ4n) is 3.19. The minimum Gasteiger partial charge on any atom is -0.438 e. The van der Waals surface area contributed by atoms with Gasteiger partial charge in [-0.15, -0.1) is 0 Å². The van der Waals surface area contributed by atoms with Crippen LogP contribution in [0.2, 0.25) is 0 Å².